The molecule has 3 N–H and O–H groups in total. The lowest BCUT2D eigenvalue weighted by atomic mass is 9.97. The van der Waals surface area contributed by atoms with E-state index in [1.54, 1.807) is 6.07 Å². The SMILES string of the molecule is CN1CCC(CN(C)Cc2ccc(C(=O)NN)o2)CC1. The number of amides is 1. The van der Waals surface area contributed by atoms with Crippen LogP contribution in [-0.4, -0.2) is 49.4 Å². The smallest absolute Gasteiger partial charge is 0.300 e. The first-order valence-corrected chi connectivity index (χ1v) is 7.05. The summed E-state index contributed by atoms with van der Waals surface area (Å²) in [5, 5.41) is 0. The standard InChI is InChI=1S/C14H24N4O2/c1-17-7-5-11(6-8-17)9-18(2)10-12-3-4-13(20-12)14(19)16-15/h3-4,11H,5-10,15H2,1-2H3,(H,16,19). The number of rotatable bonds is 5. The van der Waals surface area contributed by atoms with Gasteiger partial charge in [-0.2, -0.15) is 0 Å². The van der Waals surface area contributed by atoms with E-state index in [0.717, 1.165) is 18.2 Å². The van der Waals surface area contributed by atoms with Crippen LogP contribution in [0.5, 0.6) is 0 Å². The van der Waals surface area contributed by atoms with Gasteiger partial charge in [0.25, 0.3) is 0 Å². The van der Waals surface area contributed by atoms with Crippen molar-refractivity contribution in [1.82, 2.24) is 15.2 Å². The summed E-state index contributed by atoms with van der Waals surface area (Å²) in [6.45, 7) is 4.14. The molecule has 0 bridgehead atoms. The molecule has 0 saturated carbocycles. The van der Waals surface area contributed by atoms with Crippen LogP contribution in [0.3, 0.4) is 0 Å². The van der Waals surface area contributed by atoms with Crippen LogP contribution in [0.25, 0.3) is 0 Å². The van der Waals surface area contributed by atoms with Gasteiger partial charge < -0.3 is 9.32 Å². The van der Waals surface area contributed by atoms with Crippen molar-refractivity contribution in [2.45, 2.75) is 19.4 Å². The van der Waals surface area contributed by atoms with Gasteiger partial charge in [-0.3, -0.25) is 15.1 Å². The Morgan fingerprint density at radius 3 is 2.85 bits per heavy atom. The monoisotopic (exact) mass is 280 g/mol. The molecule has 0 spiro atoms. The van der Waals surface area contributed by atoms with Gasteiger partial charge in [-0.25, -0.2) is 5.84 Å². The number of furan rings is 1. The maximum absolute atomic E-state index is 11.3. The van der Waals surface area contributed by atoms with E-state index >= 15 is 0 Å². The Labute approximate surface area is 119 Å². The van der Waals surface area contributed by atoms with E-state index in [0.29, 0.717) is 6.54 Å². The maximum atomic E-state index is 11.3. The molecule has 1 aromatic rings. The molecular formula is C14H24N4O2. The summed E-state index contributed by atoms with van der Waals surface area (Å²) in [6.07, 6.45) is 2.50. The largest absolute Gasteiger partial charge is 0.455 e. The maximum Gasteiger partial charge on any atom is 0.300 e. The number of hydrogen-bond acceptors (Lipinski definition) is 5. The fourth-order valence-corrected chi connectivity index (χ4v) is 2.67. The summed E-state index contributed by atoms with van der Waals surface area (Å²) in [5.41, 5.74) is 2.07. The van der Waals surface area contributed by atoms with Crippen molar-refractivity contribution < 1.29 is 9.21 Å². The first kappa shape index (κ1) is 15.0. The van der Waals surface area contributed by atoms with Crippen molar-refractivity contribution in [3.63, 3.8) is 0 Å². The predicted molar refractivity (Wildman–Crippen MR) is 76.9 cm³/mol. The molecule has 112 valence electrons. The molecular weight excluding hydrogens is 256 g/mol. The normalized spacial score (nSPS) is 17.6. The van der Waals surface area contributed by atoms with Gasteiger partial charge in [0, 0.05) is 6.54 Å². The second kappa shape index (κ2) is 6.88. The van der Waals surface area contributed by atoms with Gasteiger partial charge in [-0.05, 0) is 58.1 Å². The number of carbonyl (C=O) groups excluding carboxylic acids is 1. The Balaban J connectivity index is 1.80. The minimum absolute atomic E-state index is 0.259. The fourth-order valence-electron chi connectivity index (χ4n) is 2.67. The first-order chi connectivity index (χ1) is 9.58. The number of likely N-dealkylation sites (tertiary alicyclic amines) is 1. The van der Waals surface area contributed by atoms with E-state index in [4.69, 9.17) is 10.3 Å². The molecule has 1 amide bonds. The highest BCUT2D eigenvalue weighted by atomic mass is 16.4. The molecule has 0 aromatic carbocycles. The lowest BCUT2D eigenvalue weighted by Crippen LogP contribution is -2.35. The topological polar surface area (TPSA) is 74.7 Å². The molecule has 1 saturated heterocycles. The zero-order chi connectivity index (χ0) is 14.5. The lowest BCUT2D eigenvalue weighted by Gasteiger charge is -2.31. The molecule has 0 radical (unpaired) electrons. The third-order valence-electron chi connectivity index (χ3n) is 3.85. The molecule has 6 heteroatoms. The second-order valence-electron chi connectivity index (χ2n) is 5.68. The summed E-state index contributed by atoms with van der Waals surface area (Å²) in [5.74, 6) is 6.48. The van der Waals surface area contributed by atoms with Gasteiger partial charge in [-0.1, -0.05) is 0 Å². The molecule has 2 heterocycles. The highest BCUT2D eigenvalue weighted by Crippen LogP contribution is 2.18. The summed E-state index contributed by atoms with van der Waals surface area (Å²) in [7, 11) is 4.26. The van der Waals surface area contributed by atoms with Crippen LogP contribution >= 0.6 is 0 Å². The summed E-state index contributed by atoms with van der Waals surface area (Å²) in [6, 6.07) is 3.48. The van der Waals surface area contributed by atoms with Gasteiger partial charge in [0.2, 0.25) is 0 Å². The quantitative estimate of drug-likeness (QED) is 0.471. The van der Waals surface area contributed by atoms with Crippen LogP contribution in [-0.2, 0) is 6.54 Å². The summed E-state index contributed by atoms with van der Waals surface area (Å²) >= 11 is 0. The molecule has 1 aliphatic rings. The van der Waals surface area contributed by atoms with Crippen molar-refractivity contribution in [1.29, 1.82) is 0 Å². The molecule has 0 unspecified atom stereocenters. The summed E-state index contributed by atoms with van der Waals surface area (Å²) in [4.78, 5) is 15.9. The molecule has 0 aliphatic carbocycles. The lowest BCUT2D eigenvalue weighted by molar-refractivity contribution is 0.0921. The van der Waals surface area contributed by atoms with Crippen LogP contribution in [0.4, 0.5) is 0 Å². The van der Waals surface area contributed by atoms with Gasteiger partial charge in [-0.15, -0.1) is 0 Å². The molecule has 1 aliphatic heterocycles. The van der Waals surface area contributed by atoms with Gasteiger partial charge in [0.1, 0.15) is 5.76 Å². The number of hydrazine groups is 1. The Hall–Kier alpha value is -1.37. The van der Waals surface area contributed by atoms with Crippen molar-refractivity contribution in [3.8, 4) is 0 Å². The highest BCUT2D eigenvalue weighted by Gasteiger charge is 2.19. The van der Waals surface area contributed by atoms with Crippen LogP contribution in [0.1, 0.15) is 29.2 Å². The zero-order valence-electron chi connectivity index (χ0n) is 12.3. The Morgan fingerprint density at radius 2 is 2.20 bits per heavy atom. The third kappa shape index (κ3) is 4.06. The number of nitrogen functional groups attached to an aromatic ring is 1. The van der Waals surface area contributed by atoms with Crippen molar-refractivity contribution >= 4 is 5.91 Å². The molecule has 6 nitrogen and oxygen atoms in total. The Bertz CT molecular complexity index is 438. The molecule has 1 fully saturated rings. The first-order valence-electron chi connectivity index (χ1n) is 7.05. The number of hydrogen-bond donors (Lipinski definition) is 2. The minimum atomic E-state index is -0.394. The van der Waals surface area contributed by atoms with E-state index in [-0.39, 0.29) is 5.76 Å². The van der Waals surface area contributed by atoms with E-state index in [1.165, 1.54) is 25.9 Å². The number of nitrogens with two attached hydrogens (primary N) is 1. The van der Waals surface area contributed by atoms with Crippen LogP contribution in [0, 0.1) is 5.92 Å². The second-order valence-corrected chi connectivity index (χ2v) is 5.68. The van der Waals surface area contributed by atoms with E-state index in [9.17, 15) is 4.79 Å². The highest BCUT2D eigenvalue weighted by molar-refractivity contribution is 5.90. The van der Waals surface area contributed by atoms with Crippen LogP contribution in [0.15, 0.2) is 16.5 Å². The van der Waals surface area contributed by atoms with Gasteiger partial charge in [0.15, 0.2) is 5.76 Å². The average molecular weight is 280 g/mol. The predicted octanol–water partition coefficient (Wildman–Crippen LogP) is 0.657. The zero-order valence-corrected chi connectivity index (χ0v) is 12.3. The Kier molecular flexibility index (Phi) is 5.17. The minimum Gasteiger partial charge on any atom is -0.455 e. The van der Waals surface area contributed by atoms with Gasteiger partial charge in [0.05, 0.1) is 6.54 Å². The van der Waals surface area contributed by atoms with Crippen molar-refractivity contribution in [3.05, 3.63) is 23.7 Å². The number of nitrogens with zero attached hydrogens (tertiary/aromatic N) is 2. The molecule has 20 heavy (non-hydrogen) atoms. The molecule has 2 rings (SSSR count). The average Bonchev–Trinajstić information content (AvgIpc) is 2.89. The Morgan fingerprint density at radius 1 is 1.50 bits per heavy atom. The van der Waals surface area contributed by atoms with Gasteiger partial charge >= 0.3 is 5.91 Å². The van der Waals surface area contributed by atoms with E-state index < -0.39 is 5.91 Å². The van der Waals surface area contributed by atoms with Crippen LogP contribution in [0.2, 0.25) is 0 Å². The molecule has 1 aromatic heterocycles. The fraction of sp³-hybridized carbons (Fsp3) is 0.643. The third-order valence-corrected chi connectivity index (χ3v) is 3.85. The van der Waals surface area contributed by atoms with Crippen molar-refractivity contribution in [2.75, 3.05) is 33.7 Å². The van der Waals surface area contributed by atoms with Crippen molar-refractivity contribution in [2.24, 2.45) is 11.8 Å². The van der Waals surface area contributed by atoms with E-state index in [2.05, 4.69) is 29.3 Å². The number of nitrogens with one attached hydrogen (secondary N) is 1. The summed E-state index contributed by atoms with van der Waals surface area (Å²) < 4.78 is 5.47. The molecule has 0 atom stereocenters. The number of carbonyl (C=O) groups is 1. The van der Waals surface area contributed by atoms with Crippen LogP contribution < -0.4 is 11.3 Å². The number of piperidine rings is 1. The van der Waals surface area contributed by atoms with E-state index in [1.807, 2.05) is 6.07 Å².